The summed E-state index contributed by atoms with van der Waals surface area (Å²) in [5.41, 5.74) is 1.56. The number of anilines is 2. The number of imide groups is 1. The topological polar surface area (TPSA) is 84.9 Å². The van der Waals surface area contributed by atoms with E-state index in [1.807, 2.05) is 12.1 Å². The maximum Gasteiger partial charge on any atom is 0.266 e. The Hall–Kier alpha value is -4.13. The van der Waals surface area contributed by atoms with Crippen molar-refractivity contribution in [2.24, 2.45) is 0 Å². The number of benzene rings is 3. The molecule has 0 aliphatic carbocycles. The van der Waals surface area contributed by atoms with Crippen LogP contribution in [0, 0.1) is 0 Å². The van der Waals surface area contributed by atoms with Gasteiger partial charge in [0.25, 0.3) is 11.8 Å². The third-order valence-electron chi connectivity index (χ3n) is 4.60. The molecule has 0 saturated carbocycles. The molecule has 1 aliphatic rings. The Morgan fingerprint density at radius 3 is 2.20 bits per heavy atom. The standard InChI is InChI=1S/C23H18N2O5/c1-14(26)24-15-7-9-16(10-8-15)25-22(27)18-12-11-17(13-19(18)23(25)28)30-21-6-4-3-5-20(21)29-2/h3-13H,1-2H3,(H,24,26). The van der Waals surface area contributed by atoms with Crippen molar-refractivity contribution >= 4 is 29.1 Å². The van der Waals surface area contributed by atoms with E-state index in [2.05, 4.69) is 5.32 Å². The molecule has 1 aliphatic heterocycles. The average molecular weight is 402 g/mol. The molecule has 4 rings (SSSR count). The van der Waals surface area contributed by atoms with E-state index in [1.54, 1.807) is 61.7 Å². The second kappa shape index (κ2) is 7.71. The van der Waals surface area contributed by atoms with E-state index in [-0.39, 0.29) is 11.5 Å². The van der Waals surface area contributed by atoms with Crippen LogP contribution in [0.5, 0.6) is 17.2 Å². The third-order valence-corrected chi connectivity index (χ3v) is 4.60. The molecule has 3 aromatic carbocycles. The minimum Gasteiger partial charge on any atom is -0.493 e. The first-order valence-corrected chi connectivity index (χ1v) is 9.19. The number of para-hydroxylation sites is 2. The first kappa shape index (κ1) is 19.2. The van der Waals surface area contributed by atoms with Gasteiger partial charge >= 0.3 is 0 Å². The molecule has 30 heavy (non-hydrogen) atoms. The Morgan fingerprint density at radius 2 is 1.53 bits per heavy atom. The van der Waals surface area contributed by atoms with Crippen molar-refractivity contribution in [3.05, 3.63) is 77.9 Å². The molecule has 150 valence electrons. The molecule has 1 N–H and O–H groups in total. The van der Waals surface area contributed by atoms with Gasteiger partial charge in [-0.25, -0.2) is 4.90 Å². The van der Waals surface area contributed by atoms with Crippen LogP contribution in [0.4, 0.5) is 11.4 Å². The van der Waals surface area contributed by atoms with E-state index in [0.717, 1.165) is 4.90 Å². The Labute approximate surface area is 172 Å². The van der Waals surface area contributed by atoms with Crippen molar-refractivity contribution < 1.29 is 23.9 Å². The fourth-order valence-corrected chi connectivity index (χ4v) is 3.25. The number of nitrogens with one attached hydrogen (secondary N) is 1. The van der Waals surface area contributed by atoms with Crippen LogP contribution in [0.3, 0.4) is 0 Å². The van der Waals surface area contributed by atoms with Crippen molar-refractivity contribution in [3.8, 4) is 17.2 Å². The lowest BCUT2D eigenvalue weighted by Gasteiger charge is -2.14. The van der Waals surface area contributed by atoms with Gasteiger partial charge in [0.15, 0.2) is 11.5 Å². The molecule has 0 unspecified atom stereocenters. The number of ether oxygens (including phenoxy) is 2. The maximum atomic E-state index is 13.0. The van der Waals surface area contributed by atoms with Gasteiger partial charge < -0.3 is 14.8 Å². The van der Waals surface area contributed by atoms with Gasteiger partial charge in [-0.1, -0.05) is 12.1 Å². The van der Waals surface area contributed by atoms with Crippen LogP contribution in [0.25, 0.3) is 0 Å². The highest BCUT2D eigenvalue weighted by Gasteiger charge is 2.37. The van der Waals surface area contributed by atoms with Gasteiger partial charge in [0.1, 0.15) is 5.75 Å². The zero-order valence-electron chi connectivity index (χ0n) is 16.3. The van der Waals surface area contributed by atoms with Gasteiger partial charge in [0.2, 0.25) is 5.91 Å². The number of fused-ring (bicyclic) bond motifs is 1. The molecule has 0 atom stereocenters. The molecule has 3 amide bonds. The number of carbonyl (C=O) groups excluding carboxylic acids is 3. The van der Waals surface area contributed by atoms with E-state index >= 15 is 0 Å². The molecular weight excluding hydrogens is 384 g/mol. The number of methoxy groups -OCH3 is 1. The number of hydrogen-bond donors (Lipinski definition) is 1. The van der Waals surface area contributed by atoms with Gasteiger partial charge in [-0.15, -0.1) is 0 Å². The van der Waals surface area contributed by atoms with Crippen molar-refractivity contribution in [1.82, 2.24) is 0 Å². The smallest absolute Gasteiger partial charge is 0.266 e. The summed E-state index contributed by atoms with van der Waals surface area (Å²) in [4.78, 5) is 38.0. The first-order chi connectivity index (χ1) is 14.5. The predicted molar refractivity (Wildman–Crippen MR) is 111 cm³/mol. The number of carbonyl (C=O) groups is 3. The van der Waals surface area contributed by atoms with Gasteiger partial charge in [-0.3, -0.25) is 14.4 Å². The molecule has 0 bridgehead atoms. The van der Waals surface area contributed by atoms with Gasteiger partial charge in [0, 0.05) is 12.6 Å². The summed E-state index contributed by atoms with van der Waals surface area (Å²) in [6.45, 7) is 1.41. The van der Waals surface area contributed by atoms with Crippen molar-refractivity contribution in [2.75, 3.05) is 17.3 Å². The summed E-state index contributed by atoms with van der Waals surface area (Å²) in [6.07, 6.45) is 0. The molecule has 0 spiro atoms. The van der Waals surface area contributed by atoms with Gasteiger partial charge in [-0.2, -0.15) is 0 Å². The van der Waals surface area contributed by atoms with Crippen LogP contribution in [0.2, 0.25) is 0 Å². The van der Waals surface area contributed by atoms with Crippen LogP contribution < -0.4 is 19.7 Å². The predicted octanol–water partition coefficient (Wildman–Crippen LogP) is 4.25. The average Bonchev–Trinajstić information content (AvgIpc) is 2.98. The molecule has 7 heteroatoms. The van der Waals surface area contributed by atoms with Crippen LogP contribution in [-0.2, 0) is 4.79 Å². The summed E-state index contributed by atoms with van der Waals surface area (Å²) in [7, 11) is 1.54. The summed E-state index contributed by atoms with van der Waals surface area (Å²) < 4.78 is 11.1. The second-order valence-corrected chi connectivity index (χ2v) is 6.63. The quantitative estimate of drug-likeness (QED) is 0.645. The van der Waals surface area contributed by atoms with E-state index in [1.165, 1.54) is 6.92 Å². The highest BCUT2D eigenvalue weighted by atomic mass is 16.5. The number of hydrogen-bond acceptors (Lipinski definition) is 5. The number of amides is 3. The van der Waals surface area contributed by atoms with Crippen molar-refractivity contribution in [2.45, 2.75) is 6.92 Å². The monoisotopic (exact) mass is 402 g/mol. The summed E-state index contributed by atoms with van der Waals surface area (Å²) in [5, 5.41) is 2.65. The Balaban J connectivity index is 1.61. The zero-order valence-corrected chi connectivity index (χ0v) is 16.3. The molecule has 7 nitrogen and oxygen atoms in total. The van der Waals surface area contributed by atoms with Crippen LogP contribution >= 0.6 is 0 Å². The third kappa shape index (κ3) is 3.48. The lowest BCUT2D eigenvalue weighted by atomic mass is 10.1. The molecule has 0 fully saturated rings. The highest BCUT2D eigenvalue weighted by Crippen LogP contribution is 2.35. The fourth-order valence-electron chi connectivity index (χ4n) is 3.25. The summed E-state index contributed by atoms with van der Waals surface area (Å²) in [5.74, 6) is 0.426. The molecule has 0 radical (unpaired) electrons. The Kier molecular flexibility index (Phi) is 4.93. The lowest BCUT2D eigenvalue weighted by molar-refractivity contribution is -0.114. The van der Waals surface area contributed by atoms with Crippen LogP contribution in [-0.4, -0.2) is 24.8 Å². The van der Waals surface area contributed by atoms with Crippen molar-refractivity contribution in [3.63, 3.8) is 0 Å². The Bertz CT molecular complexity index is 1150. The summed E-state index contributed by atoms with van der Waals surface area (Å²) in [6, 6.07) is 18.4. The second-order valence-electron chi connectivity index (χ2n) is 6.63. The normalized spacial score (nSPS) is 12.5. The van der Waals surface area contributed by atoms with E-state index in [4.69, 9.17) is 9.47 Å². The minimum absolute atomic E-state index is 0.203. The van der Waals surface area contributed by atoms with Gasteiger partial charge in [-0.05, 0) is 54.6 Å². The van der Waals surface area contributed by atoms with E-state index in [0.29, 0.717) is 34.2 Å². The maximum absolute atomic E-state index is 13.0. The number of rotatable bonds is 5. The van der Waals surface area contributed by atoms with Gasteiger partial charge in [0.05, 0.1) is 23.9 Å². The highest BCUT2D eigenvalue weighted by molar-refractivity contribution is 6.34. The molecular formula is C23H18N2O5. The molecule has 0 aromatic heterocycles. The molecule has 0 saturated heterocycles. The zero-order chi connectivity index (χ0) is 21.3. The summed E-state index contributed by atoms with van der Waals surface area (Å²) >= 11 is 0. The lowest BCUT2D eigenvalue weighted by Crippen LogP contribution is -2.29. The van der Waals surface area contributed by atoms with Crippen LogP contribution in [0.1, 0.15) is 27.6 Å². The first-order valence-electron chi connectivity index (χ1n) is 9.19. The SMILES string of the molecule is COc1ccccc1Oc1ccc2c(c1)C(=O)N(c1ccc(NC(C)=O)cc1)C2=O. The molecule has 3 aromatic rings. The largest absolute Gasteiger partial charge is 0.493 e. The minimum atomic E-state index is -0.437. The number of nitrogens with zero attached hydrogens (tertiary/aromatic N) is 1. The fraction of sp³-hybridized carbons (Fsp3) is 0.0870. The van der Waals surface area contributed by atoms with Crippen molar-refractivity contribution in [1.29, 1.82) is 0 Å². The van der Waals surface area contributed by atoms with E-state index < -0.39 is 11.8 Å². The van der Waals surface area contributed by atoms with Crippen LogP contribution in [0.15, 0.2) is 66.7 Å². The Morgan fingerprint density at radius 1 is 0.867 bits per heavy atom. The van der Waals surface area contributed by atoms with E-state index in [9.17, 15) is 14.4 Å². The molecule has 1 heterocycles.